The Balaban J connectivity index is 0.000000916. The van der Waals surface area contributed by atoms with E-state index < -0.39 is 22.3 Å². The highest BCUT2D eigenvalue weighted by atomic mass is 35.5. The predicted molar refractivity (Wildman–Crippen MR) is 137 cm³/mol. The molecule has 192 valence electrons. The van der Waals surface area contributed by atoms with E-state index in [1.165, 1.54) is 6.92 Å². The fraction of sp³-hybridized carbons (Fsp3) is 0.458. The summed E-state index contributed by atoms with van der Waals surface area (Å²) in [5, 5.41) is 12.7. The fourth-order valence-electron chi connectivity index (χ4n) is 2.37. The van der Waals surface area contributed by atoms with Crippen LogP contribution in [-0.4, -0.2) is 54.8 Å². The van der Waals surface area contributed by atoms with Crippen molar-refractivity contribution in [3.05, 3.63) is 65.7 Å². The number of hydrogen-bond acceptors (Lipinski definition) is 6. The van der Waals surface area contributed by atoms with E-state index >= 15 is 0 Å². The topological polar surface area (TPSA) is 139 Å². The summed E-state index contributed by atoms with van der Waals surface area (Å²) >= 11 is 5.70. The Bertz CT molecular complexity index is 901. The molecule has 8 nitrogen and oxygen atoms in total. The molecule has 5 N–H and O–H groups in total. The van der Waals surface area contributed by atoms with Crippen LogP contribution in [-0.2, 0) is 27.9 Å². The monoisotopic (exact) mass is 516 g/mol. The van der Waals surface area contributed by atoms with Crippen molar-refractivity contribution >= 4 is 27.6 Å². The molecule has 2 aromatic rings. The average molecular weight is 517 g/mol. The molecule has 0 saturated carbocycles. The van der Waals surface area contributed by atoms with Crippen LogP contribution in [0, 0.1) is 5.92 Å². The molecular formula is C24H37ClN2O6S. The number of carbonyl (C=O) groups is 1. The standard InChI is InChI=1S/C19H22ClNO3.C4H11N.CH4O3S/c1-14(22)21-18(19(23)12-20)11-15-7-9-17(10-8-15)24-13-16-5-3-2-4-6-16;1-4(2)3-5;1-5(2,3)4/h2-10,18-19,23H,11-13H2,1H3,(H,21,22);4H,3,5H2,1-2H3;1H3,(H,2,3,4)/t18-,19+;;/m0../s1. The molecule has 0 saturated heterocycles. The summed E-state index contributed by atoms with van der Waals surface area (Å²) in [5.74, 6) is 1.32. The summed E-state index contributed by atoms with van der Waals surface area (Å²) in [7, 11) is -3.67. The maximum absolute atomic E-state index is 11.3. The van der Waals surface area contributed by atoms with Crippen LogP contribution in [0.3, 0.4) is 0 Å². The Hall–Kier alpha value is -2.17. The van der Waals surface area contributed by atoms with Gasteiger partial charge in [-0.3, -0.25) is 9.35 Å². The number of nitrogens with one attached hydrogen (secondary N) is 1. The first-order valence-corrected chi connectivity index (χ1v) is 13.1. The number of nitrogens with two attached hydrogens (primary N) is 1. The van der Waals surface area contributed by atoms with Gasteiger partial charge in [0.15, 0.2) is 0 Å². The highest BCUT2D eigenvalue weighted by Gasteiger charge is 2.19. The van der Waals surface area contributed by atoms with Crippen molar-refractivity contribution in [1.29, 1.82) is 0 Å². The molecule has 0 fully saturated rings. The van der Waals surface area contributed by atoms with Gasteiger partial charge in [-0.25, -0.2) is 0 Å². The number of rotatable bonds is 9. The average Bonchev–Trinajstić information content (AvgIpc) is 2.77. The lowest BCUT2D eigenvalue weighted by molar-refractivity contribution is -0.120. The number of amides is 1. The minimum absolute atomic E-state index is 0.0726. The van der Waals surface area contributed by atoms with Gasteiger partial charge in [-0.15, -0.1) is 11.6 Å². The minimum atomic E-state index is -3.67. The molecule has 34 heavy (non-hydrogen) atoms. The molecule has 0 bridgehead atoms. The molecule has 0 aliphatic heterocycles. The third-order valence-electron chi connectivity index (χ3n) is 4.11. The molecule has 0 unspecified atom stereocenters. The van der Waals surface area contributed by atoms with Gasteiger partial charge in [0.2, 0.25) is 5.91 Å². The number of benzene rings is 2. The molecular weight excluding hydrogens is 480 g/mol. The summed E-state index contributed by atoms with van der Waals surface area (Å²) in [5.41, 5.74) is 7.27. The Kier molecular flexibility index (Phi) is 16.2. The van der Waals surface area contributed by atoms with E-state index in [0.29, 0.717) is 25.2 Å². The number of halogens is 1. The fourth-order valence-corrected chi connectivity index (χ4v) is 2.58. The van der Waals surface area contributed by atoms with Crippen molar-refractivity contribution in [2.24, 2.45) is 11.7 Å². The second-order valence-electron chi connectivity index (χ2n) is 8.01. The highest BCUT2D eigenvalue weighted by molar-refractivity contribution is 7.85. The van der Waals surface area contributed by atoms with Crippen molar-refractivity contribution < 1.29 is 27.6 Å². The molecule has 1 amide bonds. The number of aliphatic hydroxyl groups excluding tert-OH is 1. The van der Waals surface area contributed by atoms with Crippen LogP contribution in [0.5, 0.6) is 5.75 Å². The molecule has 0 aliphatic rings. The summed E-state index contributed by atoms with van der Waals surface area (Å²) in [6.07, 6.45) is 0.434. The maximum Gasteiger partial charge on any atom is 0.261 e. The maximum atomic E-state index is 11.3. The number of alkyl halides is 1. The van der Waals surface area contributed by atoms with Crippen molar-refractivity contribution in [3.8, 4) is 5.75 Å². The van der Waals surface area contributed by atoms with E-state index in [1.54, 1.807) is 0 Å². The second kappa shape index (κ2) is 17.3. The number of hydrogen-bond donors (Lipinski definition) is 4. The molecule has 2 aromatic carbocycles. The van der Waals surface area contributed by atoms with Gasteiger partial charge in [-0.1, -0.05) is 56.3 Å². The van der Waals surface area contributed by atoms with Crippen molar-refractivity contribution in [2.45, 2.75) is 45.9 Å². The van der Waals surface area contributed by atoms with E-state index in [4.69, 9.17) is 26.6 Å². The van der Waals surface area contributed by atoms with E-state index in [2.05, 4.69) is 19.2 Å². The van der Waals surface area contributed by atoms with Gasteiger partial charge < -0.3 is 20.9 Å². The zero-order valence-electron chi connectivity index (χ0n) is 20.1. The van der Waals surface area contributed by atoms with E-state index in [9.17, 15) is 18.3 Å². The largest absolute Gasteiger partial charge is 0.489 e. The zero-order valence-corrected chi connectivity index (χ0v) is 21.7. The molecule has 0 aliphatic carbocycles. The van der Waals surface area contributed by atoms with E-state index in [-0.39, 0.29) is 11.8 Å². The van der Waals surface area contributed by atoms with Gasteiger partial charge in [0.05, 0.1) is 24.3 Å². The summed E-state index contributed by atoms with van der Waals surface area (Å²) < 4.78 is 31.6. The second-order valence-corrected chi connectivity index (χ2v) is 9.79. The van der Waals surface area contributed by atoms with Gasteiger partial charge in [0, 0.05) is 6.92 Å². The molecule has 10 heteroatoms. The van der Waals surface area contributed by atoms with E-state index in [1.807, 2.05) is 54.6 Å². The molecule has 0 spiro atoms. The van der Waals surface area contributed by atoms with Crippen molar-refractivity contribution in [3.63, 3.8) is 0 Å². The first kappa shape index (κ1) is 31.8. The smallest absolute Gasteiger partial charge is 0.261 e. The third-order valence-corrected chi connectivity index (χ3v) is 4.43. The number of ether oxygens (including phenoxy) is 1. The van der Waals surface area contributed by atoms with Crippen LogP contribution in [0.1, 0.15) is 31.9 Å². The summed E-state index contributed by atoms with van der Waals surface area (Å²) in [4.78, 5) is 11.3. The van der Waals surface area contributed by atoms with Crippen LogP contribution in [0.2, 0.25) is 0 Å². The number of aliphatic hydroxyl groups is 1. The van der Waals surface area contributed by atoms with Gasteiger partial charge in [-0.05, 0) is 42.1 Å². The Morgan fingerprint density at radius 2 is 1.59 bits per heavy atom. The first-order valence-electron chi connectivity index (χ1n) is 10.7. The van der Waals surface area contributed by atoms with E-state index in [0.717, 1.165) is 23.4 Å². The Morgan fingerprint density at radius 1 is 1.09 bits per heavy atom. The SMILES string of the molecule is CC(=O)N[C@@H](Cc1ccc(OCc2ccccc2)cc1)[C@H](O)CCl.CC(C)CN.CS(=O)(=O)O. The molecule has 0 radical (unpaired) electrons. The van der Waals surface area contributed by atoms with Crippen molar-refractivity contribution in [1.82, 2.24) is 5.32 Å². The first-order chi connectivity index (χ1) is 15.8. The Labute approximate surface area is 208 Å². The van der Waals surface area contributed by atoms with Crippen molar-refractivity contribution in [2.75, 3.05) is 18.7 Å². The molecule has 2 atom stereocenters. The van der Waals surface area contributed by atoms with Gasteiger partial charge in [-0.2, -0.15) is 8.42 Å². The van der Waals surface area contributed by atoms with Gasteiger partial charge in [0.1, 0.15) is 12.4 Å². The Morgan fingerprint density at radius 3 is 2.00 bits per heavy atom. The predicted octanol–water partition coefficient (Wildman–Crippen LogP) is 3.02. The zero-order chi connectivity index (χ0) is 26.1. The lowest BCUT2D eigenvalue weighted by Gasteiger charge is -2.22. The summed E-state index contributed by atoms with van der Waals surface area (Å²) in [6.45, 7) is 6.94. The lowest BCUT2D eigenvalue weighted by Crippen LogP contribution is -2.44. The van der Waals surface area contributed by atoms with Crippen LogP contribution >= 0.6 is 11.6 Å². The van der Waals surface area contributed by atoms with Crippen LogP contribution in [0.4, 0.5) is 0 Å². The highest BCUT2D eigenvalue weighted by Crippen LogP contribution is 2.16. The quantitative estimate of drug-likeness (QED) is 0.296. The van der Waals surface area contributed by atoms with Crippen LogP contribution in [0.15, 0.2) is 54.6 Å². The molecule has 2 rings (SSSR count). The van der Waals surface area contributed by atoms with Crippen LogP contribution in [0.25, 0.3) is 0 Å². The van der Waals surface area contributed by atoms with Gasteiger partial charge >= 0.3 is 0 Å². The number of carbonyl (C=O) groups excluding carboxylic acids is 1. The normalized spacial score (nSPS) is 12.4. The molecule has 0 heterocycles. The van der Waals surface area contributed by atoms with Crippen LogP contribution < -0.4 is 15.8 Å². The minimum Gasteiger partial charge on any atom is -0.489 e. The van der Waals surface area contributed by atoms with Gasteiger partial charge in [0.25, 0.3) is 10.1 Å². The summed E-state index contributed by atoms with van der Waals surface area (Å²) in [6, 6.07) is 17.2. The lowest BCUT2D eigenvalue weighted by atomic mass is 10.0. The molecule has 0 aromatic heterocycles. The third kappa shape index (κ3) is 18.3.